The number of anilines is 1. The van der Waals surface area contributed by atoms with Gasteiger partial charge in [-0.15, -0.1) is 0 Å². The molecular weight excluding hydrogens is 516 g/mol. The van der Waals surface area contributed by atoms with E-state index in [1.54, 1.807) is 43.3 Å². The summed E-state index contributed by atoms with van der Waals surface area (Å²) in [6.07, 6.45) is 3.38. The number of Topliss-reactive ketones (excluding diaryl/α,β-unsaturated/α-hetero) is 1. The number of carbonyl (C=O) groups is 3. The molecule has 4 rings (SSSR count). The van der Waals surface area contributed by atoms with Crippen LogP contribution in [0, 0.1) is 13.8 Å². The van der Waals surface area contributed by atoms with Crippen LogP contribution in [-0.4, -0.2) is 41.0 Å². The van der Waals surface area contributed by atoms with Crippen molar-refractivity contribution in [3.05, 3.63) is 94.0 Å². The predicted molar refractivity (Wildman–Crippen MR) is 150 cm³/mol. The van der Waals surface area contributed by atoms with Crippen LogP contribution in [0.5, 0.6) is 5.75 Å². The van der Waals surface area contributed by atoms with Gasteiger partial charge in [-0.05, 0) is 50.1 Å². The molecule has 1 unspecified atom stereocenters. The molecule has 1 aromatic heterocycles. The van der Waals surface area contributed by atoms with Crippen molar-refractivity contribution in [1.29, 1.82) is 0 Å². The number of aromatic nitrogens is 1. The summed E-state index contributed by atoms with van der Waals surface area (Å²) < 4.78 is 10.8. The Kier molecular flexibility index (Phi) is 8.61. The predicted octanol–water partition coefficient (Wildman–Crippen LogP) is 5.91. The van der Waals surface area contributed by atoms with Gasteiger partial charge in [0.2, 0.25) is 0 Å². The summed E-state index contributed by atoms with van der Waals surface area (Å²) in [6.45, 7) is 9.78. The number of thiazole rings is 1. The summed E-state index contributed by atoms with van der Waals surface area (Å²) in [5.74, 6) is -1.95. The van der Waals surface area contributed by atoms with Crippen LogP contribution in [0.4, 0.5) is 5.13 Å². The maximum Gasteiger partial charge on any atom is 0.350 e. The number of ether oxygens (including phenoxy) is 2. The molecule has 0 radical (unpaired) electrons. The molecule has 0 spiro atoms. The van der Waals surface area contributed by atoms with Crippen LogP contribution in [-0.2, 0) is 14.3 Å². The smallest absolute Gasteiger partial charge is 0.350 e. The molecular formula is C30H30N2O6S. The quantitative estimate of drug-likeness (QED) is 0.0842. The van der Waals surface area contributed by atoms with Gasteiger partial charge in [0.05, 0.1) is 23.9 Å². The standard InChI is InChI=1S/C30H30N2O6S/c1-5-7-17-37-22-14-12-21(13-15-22)25(33)23-24(20-10-8-18(3)9-11-20)32(28(35)26(23)34)30-31-19(4)27(39-30)29(36)38-16-6-2/h6,8-15,24,33H,2,5,7,16-17H2,1,3-4H3. The van der Waals surface area contributed by atoms with Crippen LogP contribution in [0.15, 0.2) is 66.8 Å². The molecule has 2 aromatic carbocycles. The number of aryl methyl sites for hydroxylation is 2. The van der Waals surface area contributed by atoms with Crippen LogP contribution in [0.25, 0.3) is 5.76 Å². The first kappa shape index (κ1) is 27.8. The second-order valence-electron chi connectivity index (χ2n) is 9.10. The summed E-state index contributed by atoms with van der Waals surface area (Å²) in [7, 11) is 0. The number of amides is 1. The van der Waals surface area contributed by atoms with Crippen LogP contribution in [0.2, 0.25) is 0 Å². The molecule has 0 aliphatic carbocycles. The molecule has 3 aromatic rings. The Morgan fingerprint density at radius 2 is 1.82 bits per heavy atom. The number of ketones is 1. The molecule has 1 aliphatic heterocycles. The second-order valence-corrected chi connectivity index (χ2v) is 10.1. The Bertz CT molecular complexity index is 1420. The molecule has 1 atom stereocenters. The molecule has 39 heavy (non-hydrogen) atoms. The Balaban J connectivity index is 1.79. The van der Waals surface area contributed by atoms with Gasteiger partial charge < -0.3 is 14.6 Å². The summed E-state index contributed by atoms with van der Waals surface area (Å²) in [4.78, 5) is 45.2. The van der Waals surface area contributed by atoms with Gasteiger partial charge >= 0.3 is 11.9 Å². The third-order valence-electron chi connectivity index (χ3n) is 6.24. The van der Waals surface area contributed by atoms with E-state index in [9.17, 15) is 19.5 Å². The molecule has 1 N–H and O–H groups in total. The Morgan fingerprint density at radius 1 is 1.13 bits per heavy atom. The van der Waals surface area contributed by atoms with Crippen molar-refractivity contribution in [1.82, 2.24) is 4.98 Å². The van der Waals surface area contributed by atoms with Crippen LogP contribution in [0.3, 0.4) is 0 Å². The fraction of sp³-hybridized carbons (Fsp3) is 0.267. The zero-order valence-corrected chi connectivity index (χ0v) is 22.9. The lowest BCUT2D eigenvalue weighted by Crippen LogP contribution is -2.29. The number of nitrogens with zero attached hydrogens (tertiary/aromatic N) is 2. The van der Waals surface area contributed by atoms with Crippen molar-refractivity contribution in [3.8, 4) is 5.75 Å². The van der Waals surface area contributed by atoms with Crippen molar-refractivity contribution in [2.75, 3.05) is 18.1 Å². The summed E-state index contributed by atoms with van der Waals surface area (Å²) in [5.41, 5.74) is 2.28. The highest BCUT2D eigenvalue weighted by atomic mass is 32.1. The molecule has 0 saturated carbocycles. The van der Waals surface area contributed by atoms with E-state index in [1.165, 1.54) is 11.0 Å². The fourth-order valence-corrected chi connectivity index (χ4v) is 5.16. The average molecular weight is 547 g/mol. The number of hydrogen-bond donors (Lipinski definition) is 1. The van der Waals surface area contributed by atoms with Crippen LogP contribution < -0.4 is 9.64 Å². The van der Waals surface area contributed by atoms with Gasteiger partial charge in [-0.2, -0.15) is 0 Å². The normalized spacial score (nSPS) is 16.4. The van der Waals surface area contributed by atoms with Gasteiger partial charge in [0.1, 0.15) is 23.0 Å². The Morgan fingerprint density at radius 3 is 2.46 bits per heavy atom. The van der Waals surface area contributed by atoms with Crippen LogP contribution >= 0.6 is 11.3 Å². The monoisotopic (exact) mass is 546 g/mol. The van der Waals surface area contributed by atoms with Crippen molar-refractivity contribution in [3.63, 3.8) is 0 Å². The number of carbonyl (C=O) groups excluding carboxylic acids is 3. The number of rotatable bonds is 10. The summed E-state index contributed by atoms with van der Waals surface area (Å²) >= 11 is 0.956. The largest absolute Gasteiger partial charge is 0.507 e. The summed E-state index contributed by atoms with van der Waals surface area (Å²) in [5, 5.41) is 11.5. The third-order valence-corrected chi connectivity index (χ3v) is 7.38. The van der Waals surface area contributed by atoms with E-state index in [0.717, 1.165) is 29.7 Å². The van der Waals surface area contributed by atoms with E-state index >= 15 is 0 Å². The first-order valence-corrected chi connectivity index (χ1v) is 13.4. The van der Waals surface area contributed by atoms with Gasteiger partial charge in [-0.25, -0.2) is 9.78 Å². The molecule has 9 heteroatoms. The van der Waals surface area contributed by atoms with Gasteiger partial charge in [0.25, 0.3) is 5.78 Å². The van der Waals surface area contributed by atoms with Crippen molar-refractivity contribution >= 4 is 39.9 Å². The zero-order chi connectivity index (χ0) is 28.1. The van der Waals surface area contributed by atoms with Crippen LogP contribution in [0.1, 0.15) is 57.9 Å². The molecule has 0 bridgehead atoms. The average Bonchev–Trinajstić information content (AvgIpc) is 3.44. The topological polar surface area (TPSA) is 106 Å². The van der Waals surface area contributed by atoms with E-state index < -0.39 is 23.7 Å². The van der Waals surface area contributed by atoms with Gasteiger partial charge in [0, 0.05) is 5.56 Å². The first-order valence-electron chi connectivity index (χ1n) is 12.6. The molecule has 2 heterocycles. The van der Waals surface area contributed by atoms with E-state index in [1.807, 2.05) is 19.1 Å². The van der Waals surface area contributed by atoms with E-state index in [0.29, 0.717) is 29.2 Å². The maximum absolute atomic E-state index is 13.4. The van der Waals surface area contributed by atoms with Gasteiger partial charge in [0.15, 0.2) is 5.13 Å². The number of aliphatic hydroxyl groups excluding tert-OH is 1. The molecule has 1 fully saturated rings. The number of aliphatic hydroxyl groups is 1. The third kappa shape index (κ3) is 5.78. The summed E-state index contributed by atoms with van der Waals surface area (Å²) in [6, 6.07) is 13.1. The zero-order valence-electron chi connectivity index (χ0n) is 22.1. The lowest BCUT2D eigenvalue weighted by Gasteiger charge is -2.23. The highest BCUT2D eigenvalue weighted by Gasteiger charge is 2.48. The molecule has 8 nitrogen and oxygen atoms in total. The lowest BCUT2D eigenvalue weighted by atomic mass is 9.95. The Hall–Kier alpha value is -4.24. The molecule has 202 valence electrons. The fourth-order valence-electron chi connectivity index (χ4n) is 4.17. The number of hydrogen-bond acceptors (Lipinski definition) is 8. The van der Waals surface area contributed by atoms with E-state index in [-0.39, 0.29) is 27.9 Å². The minimum absolute atomic E-state index is 0.0296. The minimum atomic E-state index is -0.950. The molecule has 1 aliphatic rings. The van der Waals surface area contributed by atoms with E-state index in [4.69, 9.17) is 9.47 Å². The number of esters is 1. The van der Waals surface area contributed by atoms with Gasteiger partial charge in [-0.3, -0.25) is 14.5 Å². The lowest BCUT2D eigenvalue weighted by molar-refractivity contribution is -0.132. The highest BCUT2D eigenvalue weighted by Crippen LogP contribution is 2.44. The molecule has 1 saturated heterocycles. The SMILES string of the molecule is C=CCOC(=O)c1sc(N2C(=O)C(=O)C(=C(O)c3ccc(OCCCC)cc3)C2c2ccc(C)cc2)nc1C. The van der Waals surface area contributed by atoms with Crippen molar-refractivity contribution < 1.29 is 29.0 Å². The minimum Gasteiger partial charge on any atom is -0.507 e. The van der Waals surface area contributed by atoms with Gasteiger partial charge in [-0.1, -0.05) is 67.2 Å². The maximum atomic E-state index is 13.4. The van der Waals surface area contributed by atoms with E-state index in [2.05, 4.69) is 18.5 Å². The number of benzene rings is 2. The number of unbranched alkanes of at least 4 members (excludes halogenated alkanes) is 1. The second kappa shape index (κ2) is 12.1. The van der Waals surface area contributed by atoms with Crippen molar-refractivity contribution in [2.45, 2.75) is 39.7 Å². The first-order chi connectivity index (χ1) is 18.8. The van der Waals surface area contributed by atoms with Crippen molar-refractivity contribution in [2.24, 2.45) is 0 Å². The highest BCUT2D eigenvalue weighted by molar-refractivity contribution is 7.17. The molecule has 1 amide bonds. The Labute approximate surface area is 231 Å².